The number of rotatable bonds is 6. The number of hydrogen-bond acceptors (Lipinski definition) is 3. The number of carbonyl (C=O) groups is 1. The molecule has 0 aliphatic heterocycles. The summed E-state index contributed by atoms with van der Waals surface area (Å²) >= 11 is 0. The van der Waals surface area contributed by atoms with Gasteiger partial charge in [0.1, 0.15) is 11.4 Å². The van der Waals surface area contributed by atoms with E-state index in [9.17, 15) is 4.79 Å². The Morgan fingerprint density at radius 2 is 1.96 bits per heavy atom. The molecule has 1 aromatic heterocycles. The fourth-order valence-corrected chi connectivity index (χ4v) is 2.59. The molecule has 0 spiro atoms. The van der Waals surface area contributed by atoms with Crippen molar-refractivity contribution in [1.29, 1.82) is 0 Å². The van der Waals surface area contributed by atoms with Crippen molar-refractivity contribution < 1.29 is 9.53 Å². The second-order valence-electron chi connectivity index (χ2n) is 5.73. The maximum atomic E-state index is 12.5. The molecule has 0 saturated carbocycles. The van der Waals surface area contributed by atoms with Crippen molar-refractivity contribution in [1.82, 2.24) is 15.5 Å². The predicted molar refractivity (Wildman–Crippen MR) is 97.5 cm³/mol. The summed E-state index contributed by atoms with van der Waals surface area (Å²) in [4.78, 5) is 12.5. The zero-order valence-electron chi connectivity index (χ0n) is 14.3. The molecule has 0 radical (unpaired) electrons. The average molecular weight is 335 g/mol. The highest BCUT2D eigenvalue weighted by atomic mass is 16.5. The van der Waals surface area contributed by atoms with Crippen molar-refractivity contribution in [2.24, 2.45) is 0 Å². The molecule has 0 saturated heterocycles. The lowest BCUT2D eigenvalue weighted by Crippen LogP contribution is -2.26. The van der Waals surface area contributed by atoms with Crippen LogP contribution in [0.25, 0.3) is 11.3 Å². The molecule has 0 aliphatic carbocycles. The molecule has 1 atom stereocenters. The minimum atomic E-state index is -0.191. The molecule has 2 N–H and O–H groups in total. The van der Waals surface area contributed by atoms with Crippen LogP contribution in [0.4, 0.5) is 0 Å². The lowest BCUT2D eigenvalue weighted by atomic mass is 10.1. The van der Waals surface area contributed by atoms with Crippen molar-refractivity contribution >= 4 is 5.91 Å². The molecular formula is C20H21N3O2. The van der Waals surface area contributed by atoms with Crippen LogP contribution < -0.4 is 10.1 Å². The molecule has 25 heavy (non-hydrogen) atoms. The molecule has 3 rings (SSSR count). The van der Waals surface area contributed by atoms with Gasteiger partial charge in [0.15, 0.2) is 0 Å². The second-order valence-corrected chi connectivity index (χ2v) is 5.73. The number of aromatic amines is 1. The first-order valence-electron chi connectivity index (χ1n) is 8.32. The van der Waals surface area contributed by atoms with Gasteiger partial charge in [-0.1, -0.05) is 42.5 Å². The molecule has 0 aliphatic rings. The van der Waals surface area contributed by atoms with Gasteiger partial charge in [0.2, 0.25) is 0 Å². The third-order valence-electron chi connectivity index (χ3n) is 3.91. The molecule has 0 fully saturated rings. The summed E-state index contributed by atoms with van der Waals surface area (Å²) in [6.07, 6.45) is 0. The van der Waals surface area contributed by atoms with Gasteiger partial charge in [-0.25, -0.2) is 0 Å². The van der Waals surface area contributed by atoms with Gasteiger partial charge < -0.3 is 10.1 Å². The van der Waals surface area contributed by atoms with Gasteiger partial charge in [-0.05, 0) is 37.6 Å². The number of nitrogens with one attached hydrogen (secondary N) is 2. The first kappa shape index (κ1) is 16.8. The Labute approximate surface area is 147 Å². The van der Waals surface area contributed by atoms with E-state index in [2.05, 4.69) is 15.5 Å². The Hall–Kier alpha value is -3.08. The summed E-state index contributed by atoms with van der Waals surface area (Å²) in [5.74, 6) is 0.609. The molecule has 128 valence electrons. The molecule has 1 unspecified atom stereocenters. The third kappa shape index (κ3) is 4.07. The van der Waals surface area contributed by atoms with Gasteiger partial charge in [0, 0.05) is 5.56 Å². The van der Waals surface area contributed by atoms with Crippen LogP contribution in [0.2, 0.25) is 0 Å². The molecule has 5 nitrogen and oxygen atoms in total. The number of ether oxygens (including phenoxy) is 1. The van der Waals surface area contributed by atoms with Crippen LogP contribution in [0.3, 0.4) is 0 Å². The molecule has 2 aromatic carbocycles. The topological polar surface area (TPSA) is 67.0 Å². The number of carbonyl (C=O) groups excluding carboxylic acids is 1. The van der Waals surface area contributed by atoms with Gasteiger partial charge in [0.25, 0.3) is 5.91 Å². The summed E-state index contributed by atoms with van der Waals surface area (Å²) < 4.78 is 5.51. The molecule has 1 amide bonds. The van der Waals surface area contributed by atoms with Crippen molar-refractivity contribution in [3.8, 4) is 17.0 Å². The number of aromatic nitrogens is 2. The minimum absolute atomic E-state index is 0.142. The molecule has 5 heteroatoms. The monoisotopic (exact) mass is 335 g/mol. The Morgan fingerprint density at radius 1 is 1.16 bits per heavy atom. The van der Waals surface area contributed by atoms with E-state index in [-0.39, 0.29) is 11.9 Å². The molecule has 3 aromatic rings. The fraction of sp³-hybridized carbons (Fsp3) is 0.200. The Balaban J connectivity index is 1.70. The Morgan fingerprint density at radius 3 is 2.72 bits per heavy atom. The lowest BCUT2D eigenvalue weighted by molar-refractivity contribution is 0.0934. The van der Waals surface area contributed by atoms with E-state index in [1.165, 1.54) is 0 Å². The van der Waals surface area contributed by atoms with Crippen LogP contribution in [0.15, 0.2) is 60.7 Å². The first-order chi connectivity index (χ1) is 12.2. The van der Waals surface area contributed by atoms with Crippen LogP contribution in [-0.4, -0.2) is 22.7 Å². The quantitative estimate of drug-likeness (QED) is 0.716. The van der Waals surface area contributed by atoms with Gasteiger partial charge in [-0.15, -0.1) is 0 Å². The third-order valence-corrected chi connectivity index (χ3v) is 3.91. The van der Waals surface area contributed by atoms with Crippen LogP contribution in [0, 0.1) is 0 Å². The highest BCUT2D eigenvalue weighted by Crippen LogP contribution is 2.20. The van der Waals surface area contributed by atoms with E-state index in [1.54, 1.807) is 6.07 Å². The standard InChI is InChI=1S/C20H21N3O2/c1-3-25-17-11-7-10-16(12-17)14(2)21-20(24)19-13-18(22-23-19)15-8-5-4-6-9-15/h4-14H,3H2,1-2H3,(H,21,24)(H,22,23). The smallest absolute Gasteiger partial charge is 0.269 e. The van der Waals surface area contributed by atoms with Crippen LogP contribution >= 0.6 is 0 Å². The van der Waals surface area contributed by atoms with Crippen molar-refractivity contribution in [2.75, 3.05) is 6.61 Å². The number of benzene rings is 2. The Bertz CT molecular complexity index is 843. The lowest BCUT2D eigenvalue weighted by Gasteiger charge is -2.14. The normalized spacial score (nSPS) is 11.8. The van der Waals surface area contributed by atoms with Crippen molar-refractivity contribution in [2.45, 2.75) is 19.9 Å². The van der Waals surface area contributed by atoms with Gasteiger partial charge in [0.05, 0.1) is 18.3 Å². The second kappa shape index (κ2) is 7.66. The predicted octanol–water partition coefficient (Wildman–Crippen LogP) is 3.97. The zero-order valence-corrected chi connectivity index (χ0v) is 14.3. The maximum absolute atomic E-state index is 12.5. The largest absolute Gasteiger partial charge is 0.494 e. The molecule has 1 heterocycles. The van der Waals surface area contributed by atoms with Crippen LogP contribution in [0.5, 0.6) is 5.75 Å². The summed E-state index contributed by atoms with van der Waals surface area (Å²) in [7, 11) is 0. The van der Waals surface area contributed by atoms with Gasteiger partial charge >= 0.3 is 0 Å². The SMILES string of the molecule is CCOc1cccc(C(C)NC(=O)c2cc(-c3ccccc3)n[nH]2)c1. The Kier molecular flexibility index (Phi) is 5.14. The van der Waals surface area contributed by atoms with Crippen LogP contribution in [-0.2, 0) is 0 Å². The number of hydrogen-bond donors (Lipinski definition) is 2. The van der Waals surface area contributed by atoms with Gasteiger partial charge in [-0.2, -0.15) is 5.10 Å². The fourth-order valence-electron chi connectivity index (χ4n) is 2.59. The summed E-state index contributed by atoms with van der Waals surface area (Å²) in [5, 5.41) is 10.0. The number of amides is 1. The number of nitrogens with zero attached hydrogens (tertiary/aromatic N) is 1. The zero-order chi connectivity index (χ0) is 17.6. The highest BCUT2D eigenvalue weighted by Gasteiger charge is 2.15. The van der Waals surface area contributed by atoms with E-state index < -0.39 is 0 Å². The van der Waals surface area contributed by atoms with Crippen molar-refractivity contribution in [3.05, 3.63) is 71.9 Å². The van der Waals surface area contributed by atoms with E-state index in [0.717, 1.165) is 22.6 Å². The first-order valence-corrected chi connectivity index (χ1v) is 8.32. The van der Waals surface area contributed by atoms with Gasteiger partial charge in [-0.3, -0.25) is 9.89 Å². The van der Waals surface area contributed by atoms with E-state index in [0.29, 0.717) is 12.3 Å². The minimum Gasteiger partial charge on any atom is -0.494 e. The summed E-state index contributed by atoms with van der Waals surface area (Å²) in [6.45, 7) is 4.50. The van der Waals surface area contributed by atoms with Crippen LogP contribution in [0.1, 0.15) is 35.9 Å². The highest BCUT2D eigenvalue weighted by molar-refractivity contribution is 5.93. The summed E-state index contributed by atoms with van der Waals surface area (Å²) in [5.41, 5.74) is 3.14. The van der Waals surface area contributed by atoms with Crippen molar-refractivity contribution in [3.63, 3.8) is 0 Å². The van der Waals surface area contributed by atoms with E-state index in [4.69, 9.17) is 4.74 Å². The molecule has 0 bridgehead atoms. The van der Waals surface area contributed by atoms with E-state index >= 15 is 0 Å². The maximum Gasteiger partial charge on any atom is 0.269 e. The van der Waals surface area contributed by atoms with E-state index in [1.807, 2.05) is 68.4 Å². The number of H-pyrrole nitrogens is 1. The summed E-state index contributed by atoms with van der Waals surface area (Å²) in [6, 6.07) is 19.1. The average Bonchev–Trinajstić information content (AvgIpc) is 3.13. The molecular weight excluding hydrogens is 314 g/mol.